The van der Waals surface area contributed by atoms with E-state index in [-0.39, 0.29) is 11.7 Å². The van der Waals surface area contributed by atoms with Crippen LogP contribution in [0.2, 0.25) is 0 Å². The molecule has 1 saturated heterocycles. The van der Waals surface area contributed by atoms with Crippen molar-refractivity contribution in [2.75, 3.05) is 26.2 Å². The second-order valence-electron chi connectivity index (χ2n) is 5.97. The average Bonchev–Trinajstić information content (AvgIpc) is 2.53. The fourth-order valence-electron chi connectivity index (χ4n) is 2.89. The molecule has 1 heterocycles. The zero-order valence-corrected chi connectivity index (χ0v) is 13.3. The van der Waals surface area contributed by atoms with Crippen molar-refractivity contribution in [1.29, 1.82) is 0 Å². The first-order chi connectivity index (χ1) is 10.2. The van der Waals surface area contributed by atoms with Gasteiger partial charge in [0, 0.05) is 12.5 Å². The van der Waals surface area contributed by atoms with Gasteiger partial charge in [-0.25, -0.2) is 0 Å². The molecule has 1 aliphatic rings. The van der Waals surface area contributed by atoms with E-state index in [1.807, 2.05) is 31.2 Å². The minimum atomic E-state index is 0.0227. The van der Waals surface area contributed by atoms with Gasteiger partial charge in [-0.3, -0.25) is 4.79 Å². The number of Topliss-reactive ketones (excluding diaryl/α,β-unsaturated/α-hetero) is 1. The number of piperidine rings is 1. The van der Waals surface area contributed by atoms with Gasteiger partial charge in [-0.05, 0) is 44.5 Å². The third-order valence-corrected chi connectivity index (χ3v) is 4.04. The Kier molecular flexibility index (Phi) is 6.24. The third-order valence-electron chi connectivity index (χ3n) is 4.04. The van der Waals surface area contributed by atoms with Crippen molar-refractivity contribution in [3.8, 4) is 5.75 Å². The van der Waals surface area contributed by atoms with Crippen molar-refractivity contribution in [1.82, 2.24) is 4.90 Å². The summed E-state index contributed by atoms with van der Waals surface area (Å²) in [6.07, 6.45) is 4.80. The molecule has 3 heteroatoms. The number of nitrogens with zero attached hydrogens (tertiary/aromatic N) is 1. The van der Waals surface area contributed by atoms with Crippen molar-refractivity contribution in [3.05, 3.63) is 29.8 Å². The first kappa shape index (κ1) is 16.0. The number of carbonyl (C=O) groups excluding carboxylic acids is 1. The fraction of sp³-hybridized carbons (Fsp3) is 0.611. The minimum absolute atomic E-state index is 0.0227. The second-order valence-corrected chi connectivity index (χ2v) is 5.97. The first-order valence-corrected chi connectivity index (χ1v) is 8.20. The molecule has 0 N–H and O–H groups in total. The molecule has 1 atom stereocenters. The zero-order chi connectivity index (χ0) is 15.1. The lowest BCUT2D eigenvalue weighted by molar-refractivity contribution is 0.0879. The fourth-order valence-corrected chi connectivity index (χ4v) is 2.89. The maximum Gasteiger partial charge on any atom is 0.170 e. The summed E-state index contributed by atoms with van der Waals surface area (Å²) in [5, 5.41) is 0. The second kappa shape index (κ2) is 8.18. The number of hydrogen-bond acceptors (Lipinski definition) is 3. The lowest BCUT2D eigenvalue weighted by atomic mass is 9.97. The predicted octanol–water partition coefficient (Wildman–Crippen LogP) is 3.78. The summed E-state index contributed by atoms with van der Waals surface area (Å²) in [7, 11) is 0. The van der Waals surface area contributed by atoms with Gasteiger partial charge in [-0.15, -0.1) is 0 Å². The van der Waals surface area contributed by atoms with Gasteiger partial charge in [0.25, 0.3) is 0 Å². The van der Waals surface area contributed by atoms with Crippen LogP contribution in [-0.2, 0) is 0 Å². The highest BCUT2D eigenvalue weighted by Crippen LogP contribution is 2.22. The van der Waals surface area contributed by atoms with Crippen LogP contribution in [0.5, 0.6) is 5.75 Å². The van der Waals surface area contributed by atoms with E-state index < -0.39 is 0 Å². The molecular formula is C18H27NO2. The van der Waals surface area contributed by atoms with E-state index >= 15 is 0 Å². The number of ether oxygens (including phenoxy) is 1. The van der Waals surface area contributed by atoms with E-state index in [1.54, 1.807) is 0 Å². The highest BCUT2D eigenvalue weighted by atomic mass is 16.5. The number of rotatable bonds is 7. The number of benzene rings is 1. The summed E-state index contributed by atoms with van der Waals surface area (Å²) < 4.78 is 5.71. The van der Waals surface area contributed by atoms with Crippen LogP contribution < -0.4 is 4.74 Å². The quantitative estimate of drug-likeness (QED) is 0.715. The van der Waals surface area contributed by atoms with Crippen LogP contribution in [0.4, 0.5) is 0 Å². The standard InChI is InChI=1S/C18H27NO2/c1-3-13-21-17-10-6-5-9-16(17)18(20)15(2)14-19-11-7-4-8-12-19/h5-6,9-10,15H,3-4,7-8,11-14H2,1-2H3. The summed E-state index contributed by atoms with van der Waals surface area (Å²) in [5.41, 5.74) is 0.732. The number of likely N-dealkylation sites (tertiary alicyclic amines) is 1. The third kappa shape index (κ3) is 4.57. The number of ketones is 1. The Morgan fingerprint density at radius 2 is 1.95 bits per heavy atom. The van der Waals surface area contributed by atoms with E-state index in [0.29, 0.717) is 6.61 Å². The van der Waals surface area contributed by atoms with Crippen LogP contribution in [0, 0.1) is 5.92 Å². The molecule has 2 rings (SSSR count). The van der Waals surface area contributed by atoms with Gasteiger partial charge < -0.3 is 9.64 Å². The molecule has 1 fully saturated rings. The highest BCUT2D eigenvalue weighted by Gasteiger charge is 2.22. The smallest absolute Gasteiger partial charge is 0.170 e. The molecule has 1 unspecified atom stereocenters. The van der Waals surface area contributed by atoms with Crippen molar-refractivity contribution < 1.29 is 9.53 Å². The summed E-state index contributed by atoms with van der Waals surface area (Å²) in [6.45, 7) is 7.89. The monoisotopic (exact) mass is 289 g/mol. The average molecular weight is 289 g/mol. The van der Waals surface area contributed by atoms with Gasteiger partial charge >= 0.3 is 0 Å². The lowest BCUT2D eigenvalue weighted by Crippen LogP contribution is -2.35. The van der Waals surface area contributed by atoms with Crippen LogP contribution >= 0.6 is 0 Å². The molecule has 0 radical (unpaired) electrons. The normalized spacial score (nSPS) is 17.4. The Labute approximate surface area is 128 Å². The van der Waals surface area contributed by atoms with Crippen molar-refractivity contribution in [2.45, 2.75) is 39.5 Å². The van der Waals surface area contributed by atoms with E-state index in [0.717, 1.165) is 37.4 Å². The van der Waals surface area contributed by atoms with Crippen molar-refractivity contribution in [3.63, 3.8) is 0 Å². The summed E-state index contributed by atoms with van der Waals surface area (Å²) in [6, 6.07) is 7.63. The molecule has 1 aliphatic heterocycles. The van der Waals surface area contributed by atoms with Crippen LogP contribution in [-0.4, -0.2) is 36.9 Å². The number of para-hydroxylation sites is 1. The SMILES string of the molecule is CCCOc1ccccc1C(=O)C(C)CN1CCCCC1. The molecule has 3 nitrogen and oxygen atoms in total. The Bertz CT molecular complexity index is 452. The Hall–Kier alpha value is -1.35. The highest BCUT2D eigenvalue weighted by molar-refractivity contribution is 6.00. The molecule has 1 aromatic rings. The molecule has 0 amide bonds. The van der Waals surface area contributed by atoms with E-state index in [9.17, 15) is 4.79 Å². The van der Waals surface area contributed by atoms with Gasteiger partial charge in [0.1, 0.15) is 5.75 Å². The minimum Gasteiger partial charge on any atom is -0.493 e. The van der Waals surface area contributed by atoms with E-state index in [1.165, 1.54) is 19.3 Å². The first-order valence-electron chi connectivity index (χ1n) is 8.20. The van der Waals surface area contributed by atoms with Gasteiger partial charge in [0.05, 0.1) is 12.2 Å². The van der Waals surface area contributed by atoms with Gasteiger partial charge in [0.2, 0.25) is 0 Å². The molecule has 0 aromatic heterocycles. The Morgan fingerprint density at radius 1 is 1.24 bits per heavy atom. The van der Waals surface area contributed by atoms with Crippen LogP contribution in [0.3, 0.4) is 0 Å². The van der Waals surface area contributed by atoms with Gasteiger partial charge in [-0.1, -0.05) is 32.4 Å². The van der Waals surface area contributed by atoms with E-state index in [4.69, 9.17) is 4.74 Å². The molecule has 1 aromatic carbocycles. The predicted molar refractivity (Wildman–Crippen MR) is 86.0 cm³/mol. The summed E-state index contributed by atoms with van der Waals surface area (Å²) in [4.78, 5) is 15.1. The van der Waals surface area contributed by atoms with Crippen LogP contribution in [0.25, 0.3) is 0 Å². The maximum atomic E-state index is 12.7. The Morgan fingerprint density at radius 3 is 2.67 bits per heavy atom. The van der Waals surface area contributed by atoms with Crippen molar-refractivity contribution in [2.24, 2.45) is 5.92 Å². The Balaban J connectivity index is 2.00. The molecule has 116 valence electrons. The zero-order valence-electron chi connectivity index (χ0n) is 13.3. The molecule has 0 saturated carbocycles. The summed E-state index contributed by atoms with van der Waals surface area (Å²) in [5.74, 6) is 0.955. The molecule has 0 aliphatic carbocycles. The molecule has 21 heavy (non-hydrogen) atoms. The molecule has 0 spiro atoms. The van der Waals surface area contributed by atoms with Gasteiger partial charge in [0.15, 0.2) is 5.78 Å². The molecule has 0 bridgehead atoms. The number of carbonyl (C=O) groups is 1. The van der Waals surface area contributed by atoms with E-state index in [2.05, 4.69) is 11.8 Å². The van der Waals surface area contributed by atoms with Crippen molar-refractivity contribution >= 4 is 5.78 Å². The largest absolute Gasteiger partial charge is 0.493 e. The topological polar surface area (TPSA) is 29.5 Å². The van der Waals surface area contributed by atoms with Gasteiger partial charge in [-0.2, -0.15) is 0 Å². The number of hydrogen-bond donors (Lipinski definition) is 0. The summed E-state index contributed by atoms with van der Waals surface area (Å²) >= 11 is 0. The van der Waals surface area contributed by atoms with Crippen LogP contribution in [0.1, 0.15) is 49.9 Å². The lowest BCUT2D eigenvalue weighted by Gasteiger charge is -2.28. The van der Waals surface area contributed by atoms with Crippen LogP contribution in [0.15, 0.2) is 24.3 Å². The molecular weight excluding hydrogens is 262 g/mol. The maximum absolute atomic E-state index is 12.7.